The Morgan fingerprint density at radius 1 is 2.00 bits per heavy atom. The molecule has 1 aromatic heterocycles. The molecule has 0 aliphatic rings. The number of nitrogens with zero attached hydrogens (tertiary/aromatic N) is 1. The third kappa shape index (κ3) is 0.841. The van der Waals surface area contributed by atoms with Crippen molar-refractivity contribution < 1.29 is 4.79 Å². The van der Waals surface area contributed by atoms with E-state index in [4.69, 9.17) is 0 Å². The maximum Gasteiger partial charge on any atom is 0.211 e. The van der Waals surface area contributed by atoms with Crippen molar-refractivity contribution in [2.75, 3.05) is 5.32 Å². The molecule has 1 aromatic rings. The van der Waals surface area contributed by atoms with Crippen LogP contribution in [0.4, 0.5) is 5.69 Å². The lowest BCUT2D eigenvalue weighted by molar-refractivity contribution is -0.105. The first-order valence-electron chi connectivity index (χ1n) is 2.05. The Labute approximate surface area is 45.9 Å². The maximum absolute atomic E-state index is 9.70. The molecule has 0 fully saturated rings. The molecule has 1 amide bonds. The molecule has 4 heteroatoms. The fourth-order valence-corrected chi connectivity index (χ4v) is 0.359. The van der Waals surface area contributed by atoms with Gasteiger partial charge in [0.2, 0.25) is 6.41 Å². The molecule has 8 heavy (non-hydrogen) atoms. The van der Waals surface area contributed by atoms with Gasteiger partial charge in [0.1, 0.15) is 6.20 Å². The molecular formula is C4H4N3O. The molecule has 0 bridgehead atoms. The highest BCUT2D eigenvalue weighted by atomic mass is 16.1. The Morgan fingerprint density at radius 2 is 2.88 bits per heavy atom. The predicted molar refractivity (Wildman–Crippen MR) is 27.1 cm³/mol. The predicted octanol–water partition coefficient (Wildman–Crippen LogP) is -0.222. The summed E-state index contributed by atoms with van der Waals surface area (Å²) in [5.41, 5.74) is 0.556. The first-order chi connectivity index (χ1) is 3.93. The first-order valence-corrected chi connectivity index (χ1v) is 2.05. The molecule has 1 heterocycles. The van der Waals surface area contributed by atoms with Crippen molar-refractivity contribution in [1.82, 2.24) is 10.2 Å². The summed E-state index contributed by atoms with van der Waals surface area (Å²) in [6.45, 7) is 0. The zero-order valence-electron chi connectivity index (χ0n) is 4.01. The fraction of sp³-hybridized carbons (Fsp3) is 0. The zero-order valence-corrected chi connectivity index (χ0v) is 4.01. The Bertz CT molecular complexity index is 158. The standard InChI is InChI=1S/C4H4N3O/c8-3-5-4-1-6-7-2-4/h1,3H,(H,5,8)(H,6,7). The van der Waals surface area contributed by atoms with Crippen LogP contribution in [0.5, 0.6) is 0 Å². The van der Waals surface area contributed by atoms with Gasteiger partial charge in [-0.3, -0.25) is 9.89 Å². The quantitative estimate of drug-likeness (QED) is 0.517. The van der Waals surface area contributed by atoms with Crippen molar-refractivity contribution >= 4 is 12.1 Å². The highest BCUT2D eigenvalue weighted by molar-refractivity contribution is 5.69. The van der Waals surface area contributed by atoms with Crippen LogP contribution >= 0.6 is 0 Å². The van der Waals surface area contributed by atoms with Crippen molar-refractivity contribution in [2.45, 2.75) is 0 Å². The molecule has 0 spiro atoms. The molecule has 41 valence electrons. The summed E-state index contributed by atoms with van der Waals surface area (Å²) in [5, 5.41) is 8.31. The van der Waals surface area contributed by atoms with Crippen LogP contribution in [0.2, 0.25) is 0 Å². The highest BCUT2D eigenvalue weighted by Gasteiger charge is 1.86. The average Bonchev–Trinajstić information content (AvgIpc) is 2.19. The van der Waals surface area contributed by atoms with Gasteiger partial charge in [0.25, 0.3) is 0 Å². The summed E-state index contributed by atoms with van der Waals surface area (Å²) < 4.78 is 0. The van der Waals surface area contributed by atoms with E-state index < -0.39 is 0 Å². The summed E-state index contributed by atoms with van der Waals surface area (Å²) in [6, 6.07) is 0. The van der Waals surface area contributed by atoms with E-state index >= 15 is 0 Å². The fourth-order valence-electron chi connectivity index (χ4n) is 0.359. The summed E-state index contributed by atoms with van der Waals surface area (Å²) >= 11 is 0. The van der Waals surface area contributed by atoms with Crippen molar-refractivity contribution in [3.63, 3.8) is 0 Å². The lowest BCUT2D eigenvalue weighted by atomic mass is 10.6. The third-order valence-corrected chi connectivity index (χ3v) is 0.664. The summed E-state index contributed by atoms with van der Waals surface area (Å²) in [7, 11) is 0. The number of hydrogen-bond acceptors (Lipinski definition) is 2. The summed E-state index contributed by atoms with van der Waals surface area (Å²) in [4.78, 5) is 9.70. The van der Waals surface area contributed by atoms with Crippen molar-refractivity contribution in [3.05, 3.63) is 12.4 Å². The van der Waals surface area contributed by atoms with Crippen LogP contribution in [0.25, 0.3) is 0 Å². The number of amides is 1. The molecule has 0 saturated carbocycles. The van der Waals surface area contributed by atoms with Gasteiger partial charge < -0.3 is 5.32 Å². The Morgan fingerprint density at radius 3 is 3.38 bits per heavy atom. The van der Waals surface area contributed by atoms with Crippen LogP contribution in [-0.4, -0.2) is 16.6 Å². The van der Waals surface area contributed by atoms with Crippen molar-refractivity contribution in [1.29, 1.82) is 0 Å². The van der Waals surface area contributed by atoms with Crippen LogP contribution in [0.15, 0.2) is 6.20 Å². The average molecular weight is 110 g/mol. The van der Waals surface area contributed by atoms with E-state index in [0.29, 0.717) is 12.1 Å². The van der Waals surface area contributed by atoms with Crippen molar-refractivity contribution in [3.8, 4) is 0 Å². The molecule has 1 rings (SSSR count). The zero-order chi connectivity index (χ0) is 5.82. The van der Waals surface area contributed by atoms with Gasteiger partial charge in [0.05, 0.1) is 5.69 Å². The maximum atomic E-state index is 9.70. The van der Waals surface area contributed by atoms with Crippen LogP contribution in [0, 0.1) is 6.20 Å². The topological polar surface area (TPSA) is 57.8 Å². The number of rotatable bonds is 2. The van der Waals surface area contributed by atoms with Crippen molar-refractivity contribution in [2.24, 2.45) is 0 Å². The minimum absolute atomic E-state index is 0.556. The molecule has 0 aliphatic carbocycles. The van der Waals surface area contributed by atoms with E-state index in [0.717, 1.165) is 0 Å². The number of nitrogens with one attached hydrogen (secondary N) is 2. The van der Waals surface area contributed by atoms with Gasteiger partial charge >= 0.3 is 0 Å². The lowest BCUT2D eigenvalue weighted by Gasteiger charge is -1.82. The molecular weight excluding hydrogens is 106 g/mol. The second-order valence-corrected chi connectivity index (χ2v) is 1.17. The largest absolute Gasteiger partial charge is 0.325 e. The van der Waals surface area contributed by atoms with Crippen LogP contribution in [0.1, 0.15) is 0 Å². The molecule has 0 atom stereocenters. The Kier molecular flexibility index (Phi) is 1.27. The van der Waals surface area contributed by atoms with E-state index in [-0.39, 0.29) is 0 Å². The van der Waals surface area contributed by atoms with E-state index in [2.05, 4.69) is 21.7 Å². The highest BCUT2D eigenvalue weighted by Crippen LogP contribution is 1.95. The Hall–Kier alpha value is -1.32. The van der Waals surface area contributed by atoms with E-state index in [1.54, 1.807) is 0 Å². The van der Waals surface area contributed by atoms with E-state index in [9.17, 15) is 4.79 Å². The smallest absolute Gasteiger partial charge is 0.211 e. The van der Waals surface area contributed by atoms with Gasteiger partial charge in [-0.2, -0.15) is 5.10 Å². The van der Waals surface area contributed by atoms with Gasteiger partial charge in [-0.05, 0) is 0 Å². The van der Waals surface area contributed by atoms with E-state index in [1.165, 1.54) is 6.20 Å². The molecule has 4 nitrogen and oxygen atoms in total. The van der Waals surface area contributed by atoms with Gasteiger partial charge in [-0.25, -0.2) is 0 Å². The number of aromatic nitrogens is 2. The number of H-pyrrole nitrogens is 1. The van der Waals surface area contributed by atoms with Gasteiger partial charge in [-0.1, -0.05) is 0 Å². The molecule has 0 aliphatic heterocycles. The SMILES string of the molecule is O=CNc1[c]n[nH]c1. The van der Waals surface area contributed by atoms with Gasteiger partial charge in [0.15, 0.2) is 0 Å². The molecule has 2 N–H and O–H groups in total. The minimum atomic E-state index is 0.556. The summed E-state index contributed by atoms with van der Waals surface area (Å²) in [5.74, 6) is 0. The number of anilines is 1. The van der Waals surface area contributed by atoms with Gasteiger partial charge in [0, 0.05) is 6.20 Å². The van der Waals surface area contributed by atoms with E-state index in [1.807, 2.05) is 0 Å². The molecule has 0 unspecified atom stereocenters. The number of aromatic amines is 1. The number of hydrogen-bond donors (Lipinski definition) is 2. The van der Waals surface area contributed by atoms with Crippen LogP contribution in [-0.2, 0) is 4.79 Å². The lowest BCUT2D eigenvalue weighted by Crippen LogP contribution is -1.90. The first kappa shape index (κ1) is 4.83. The minimum Gasteiger partial charge on any atom is -0.325 e. The summed E-state index contributed by atoms with van der Waals surface area (Å²) in [6.07, 6.45) is 4.60. The Balaban J connectivity index is 2.62. The molecule has 1 radical (unpaired) electrons. The molecule has 0 aromatic carbocycles. The second kappa shape index (κ2) is 2.11. The van der Waals surface area contributed by atoms with Crippen LogP contribution < -0.4 is 5.32 Å². The second-order valence-electron chi connectivity index (χ2n) is 1.17. The van der Waals surface area contributed by atoms with Gasteiger partial charge in [-0.15, -0.1) is 0 Å². The normalized spacial score (nSPS) is 8.50. The van der Waals surface area contributed by atoms with Crippen LogP contribution in [0.3, 0.4) is 0 Å². The number of carbonyl (C=O) groups is 1. The monoisotopic (exact) mass is 110 g/mol. The third-order valence-electron chi connectivity index (χ3n) is 0.664. The number of carbonyl (C=O) groups excluding carboxylic acids is 1. The molecule has 0 saturated heterocycles.